The quantitative estimate of drug-likeness (QED) is 0.470. The molecule has 0 unspecified atom stereocenters. The molecule has 0 aromatic heterocycles. The number of rotatable bonds is 10. The predicted octanol–water partition coefficient (Wildman–Crippen LogP) is -0.645. The standard InChI is InChI=1S/C24H33N3O4/c1-29-21-7-4-20(5-8-21)17-26-12-14-27(15-13-26)18-24(28)25-11-10-19-6-9-22(30-2)23(16-19)31-3/h4-9,16H,10-15,17-18H2,1-3H3,(H,25,28)/p+2. The Labute approximate surface area is 184 Å². The predicted molar refractivity (Wildman–Crippen MR) is 119 cm³/mol. The second kappa shape index (κ2) is 11.6. The van der Waals surface area contributed by atoms with E-state index in [2.05, 4.69) is 17.4 Å². The number of carbonyl (C=O) groups is 1. The number of ether oxygens (including phenoxy) is 3. The number of hydrogen-bond donors (Lipinski definition) is 3. The first-order valence-corrected chi connectivity index (χ1v) is 10.9. The van der Waals surface area contributed by atoms with Crippen molar-refractivity contribution in [3.63, 3.8) is 0 Å². The maximum absolute atomic E-state index is 12.4. The Balaban J connectivity index is 1.35. The number of quaternary nitrogens is 2. The molecule has 0 bridgehead atoms. The van der Waals surface area contributed by atoms with Gasteiger partial charge in [-0.2, -0.15) is 0 Å². The molecule has 2 aromatic carbocycles. The van der Waals surface area contributed by atoms with Crippen molar-refractivity contribution in [3.05, 3.63) is 53.6 Å². The van der Waals surface area contributed by atoms with Crippen LogP contribution in [-0.2, 0) is 17.8 Å². The second-order valence-corrected chi connectivity index (χ2v) is 7.99. The van der Waals surface area contributed by atoms with Gasteiger partial charge in [-0.05, 0) is 48.4 Å². The van der Waals surface area contributed by atoms with Crippen LogP contribution in [0.5, 0.6) is 17.2 Å². The summed E-state index contributed by atoms with van der Waals surface area (Å²) >= 11 is 0. The zero-order chi connectivity index (χ0) is 22.1. The molecule has 2 aromatic rings. The fraction of sp³-hybridized carbons (Fsp3) is 0.458. The lowest BCUT2D eigenvalue weighted by molar-refractivity contribution is -1.02. The third-order valence-corrected chi connectivity index (χ3v) is 5.87. The van der Waals surface area contributed by atoms with Crippen molar-refractivity contribution in [3.8, 4) is 17.2 Å². The molecule has 0 aliphatic carbocycles. The van der Waals surface area contributed by atoms with E-state index in [1.165, 1.54) is 10.5 Å². The highest BCUT2D eigenvalue weighted by molar-refractivity contribution is 5.76. The van der Waals surface area contributed by atoms with Gasteiger partial charge >= 0.3 is 0 Å². The van der Waals surface area contributed by atoms with Gasteiger partial charge in [0.05, 0.1) is 21.3 Å². The topological polar surface area (TPSA) is 65.7 Å². The highest BCUT2D eigenvalue weighted by Gasteiger charge is 2.24. The fourth-order valence-corrected chi connectivity index (χ4v) is 4.01. The van der Waals surface area contributed by atoms with Crippen LogP contribution in [0.25, 0.3) is 0 Å². The Morgan fingerprint density at radius 2 is 1.48 bits per heavy atom. The molecule has 1 fully saturated rings. The first-order valence-electron chi connectivity index (χ1n) is 10.9. The van der Waals surface area contributed by atoms with Gasteiger partial charge < -0.3 is 29.3 Å². The Hall–Kier alpha value is -2.77. The van der Waals surface area contributed by atoms with E-state index in [-0.39, 0.29) is 5.91 Å². The molecule has 3 rings (SSSR count). The molecule has 7 heteroatoms. The highest BCUT2D eigenvalue weighted by atomic mass is 16.5. The summed E-state index contributed by atoms with van der Waals surface area (Å²) in [6.07, 6.45) is 0.765. The Bertz CT molecular complexity index is 833. The van der Waals surface area contributed by atoms with E-state index in [1.807, 2.05) is 30.3 Å². The van der Waals surface area contributed by atoms with Crippen molar-refractivity contribution in [1.82, 2.24) is 5.32 Å². The summed E-state index contributed by atoms with van der Waals surface area (Å²) in [5, 5.41) is 3.06. The van der Waals surface area contributed by atoms with Gasteiger partial charge in [0, 0.05) is 12.1 Å². The molecule has 0 radical (unpaired) electrons. The number of carbonyl (C=O) groups excluding carboxylic acids is 1. The lowest BCUT2D eigenvalue weighted by atomic mass is 10.1. The average Bonchev–Trinajstić information content (AvgIpc) is 2.80. The number of methoxy groups -OCH3 is 3. The van der Waals surface area contributed by atoms with Gasteiger partial charge in [-0.15, -0.1) is 0 Å². The Morgan fingerprint density at radius 3 is 2.13 bits per heavy atom. The number of benzene rings is 2. The van der Waals surface area contributed by atoms with Crippen LogP contribution in [0.4, 0.5) is 0 Å². The van der Waals surface area contributed by atoms with E-state index in [0.29, 0.717) is 24.6 Å². The van der Waals surface area contributed by atoms with Crippen LogP contribution in [0.2, 0.25) is 0 Å². The van der Waals surface area contributed by atoms with Gasteiger partial charge in [-0.25, -0.2) is 0 Å². The first kappa shape index (κ1) is 22.9. The highest BCUT2D eigenvalue weighted by Crippen LogP contribution is 2.27. The minimum absolute atomic E-state index is 0.120. The summed E-state index contributed by atoms with van der Waals surface area (Å²) in [6, 6.07) is 14.2. The molecular weight excluding hydrogens is 394 g/mol. The molecule has 3 N–H and O–H groups in total. The maximum atomic E-state index is 12.4. The molecule has 1 saturated heterocycles. The van der Waals surface area contributed by atoms with Gasteiger partial charge in [0.1, 0.15) is 38.5 Å². The van der Waals surface area contributed by atoms with Crippen molar-refractivity contribution in [1.29, 1.82) is 0 Å². The van der Waals surface area contributed by atoms with Crippen LogP contribution in [-0.4, -0.2) is 66.5 Å². The number of piperazine rings is 1. The first-order chi connectivity index (χ1) is 15.1. The molecule has 168 valence electrons. The van der Waals surface area contributed by atoms with Crippen molar-refractivity contribution < 1.29 is 28.8 Å². The van der Waals surface area contributed by atoms with Crippen molar-refractivity contribution in [2.45, 2.75) is 13.0 Å². The van der Waals surface area contributed by atoms with Crippen molar-refractivity contribution in [2.75, 3.05) is 60.6 Å². The number of hydrogen-bond acceptors (Lipinski definition) is 4. The molecule has 1 amide bonds. The minimum atomic E-state index is 0.120. The minimum Gasteiger partial charge on any atom is -0.497 e. The molecule has 0 spiro atoms. The Kier molecular flexibility index (Phi) is 8.55. The van der Waals surface area contributed by atoms with E-state index in [1.54, 1.807) is 26.2 Å². The van der Waals surface area contributed by atoms with Crippen molar-refractivity contribution >= 4 is 5.91 Å². The third-order valence-electron chi connectivity index (χ3n) is 5.87. The van der Waals surface area contributed by atoms with Gasteiger partial charge in [0.25, 0.3) is 5.91 Å². The summed E-state index contributed by atoms with van der Waals surface area (Å²) in [7, 11) is 4.94. The van der Waals surface area contributed by atoms with Crippen LogP contribution in [0.15, 0.2) is 42.5 Å². The lowest BCUT2D eigenvalue weighted by Crippen LogP contribution is -3.28. The largest absolute Gasteiger partial charge is 0.497 e. The van der Waals surface area contributed by atoms with Crippen LogP contribution >= 0.6 is 0 Å². The number of amides is 1. The van der Waals surface area contributed by atoms with Gasteiger partial charge in [-0.3, -0.25) is 4.79 Å². The normalized spacial score (nSPS) is 18.3. The third kappa shape index (κ3) is 6.87. The SMILES string of the molecule is COc1ccc(C[NH+]2CC[NH+](CC(=O)NCCc3ccc(OC)c(OC)c3)CC2)cc1. The molecule has 0 saturated carbocycles. The van der Waals surface area contributed by atoms with Gasteiger partial charge in [0.2, 0.25) is 0 Å². The molecular formula is C24H35N3O4+2. The molecule has 1 heterocycles. The lowest BCUT2D eigenvalue weighted by Gasteiger charge is -2.29. The van der Waals surface area contributed by atoms with Crippen LogP contribution in [0.3, 0.4) is 0 Å². The van der Waals surface area contributed by atoms with E-state index >= 15 is 0 Å². The van der Waals surface area contributed by atoms with E-state index in [4.69, 9.17) is 14.2 Å². The van der Waals surface area contributed by atoms with E-state index < -0.39 is 0 Å². The van der Waals surface area contributed by atoms with Crippen LogP contribution in [0.1, 0.15) is 11.1 Å². The van der Waals surface area contributed by atoms with E-state index in [0.717, 1.165) is 50.5 Å². The summed E-state index contributed by atoms with van der Waals surface area (Å²) in [4.78, 5) is 15.3. The van der Waals surface area contributed by atoms with Crippen LogP contribution in [0, 0.1) is 0 Å². The monoisotopic (exact) mass is 429 g/mol. The van der Waals surface area contributed by atoms with Crippen LogP contribution < -0.4 is 29.3 Å². The average molecular weight is 430 g/mol. The summed E-state index contributed by atoms with van der Waals surface area (Å²) in [5.41, 5.74) is 2.44. The van der Waals surface area contributed by atoms with Crippen molar-refractivity contribution in [2.24, 2.45) is 0 Å². The molecule has 1 aliphatic rings. The zero-order valence-electron chi connectivity index (χ0n) is 18.8. The number of nitrogens with one attached hydrogen (secondary N) is 3. The second-order valence-electron chi connectivity index (χ2n) is 7.99. The van der Waals surface area contributed by atoms with Gasteiger partial charge in [0.15, 0.2) is 18.0 Å². The molecule has 7 nitrogen and oxygen atoms in total. The Morgan fingerprint density at radius 1 is 0.839 bits per heavy atom. The smallest absolute Gasteiger partial charge is 0.275 e. The molecule has 31 heavy (non-hydrogen) atoms. The fourth-order valence-electron chi connectivity index (χ4n) is 4.01. The maximum Gasteiger partial charge on any atom is 0.275 e. The zero-order valence-corrected chi connectivity index (χ0v) is 18.8. The summed E-state index contributed by atoms with van der Waals surface area (Å²) < 4.78 is 15.8. The molecule has 0 atom stereocenters. The molecule has 1 aliphatic heterocycles. The summed E-state index contributed by atoms with van der Waals surface area (Å²) in [5.74, 6) is 2.44. The van der Waals surface area contributed by atoms with E-state index in [9.17, 15) is 4.79 Å². The summed E-state index contributed by atoms with van der Waals surface area (Å²) in [6.45, 7) is 6.40. The van der Waals surface area contributed by atoms with Gasteiger partial charge in [-0.1, -0.05) is 6.07 Å².